The molecule has 124 valence electrons. The Hall–Kier alpha value is -2.14. The lowest BCUT2D eigenvalue weighted by Gasteiger charge is -2.16. The average molecular weight is 317 g/mol. The van der Waals surface area contributed by atoms with Crippen LogP contribution in [0.4, 0.5) is 0 Å². The lowest BCUT2D eigenvalue weighted by molar-refractivity contribution is 0.0789. The van der Waals surface area contributed by atoms with Gasteiger partial charge in [-0.05, 0) is 31.4 Å². The molecule has 0 spiro atoms. The highest BCUT2D eigenvalue weighted by Crippen LogP contribution is 2.18. The highest BCUT2D eigenvalue weighted by molar-refractivity contribution is 5.99. The molecule has 2 aromatic rings. The van der Waals surface area contributed by atoms with E-state index in [4.69, 9.17) is 9.15 Å². The van der Waals surface area contributed by atoms with E-state index < -0.39 is 11.5 Å². The molecule has 0 saturated heterocycles. The van der Waals surface area contributed by atoms with E-state index in [2.05, 4.69) is 19.2 Å². The summed E-state index contributed by atoms with van der Waals surface area (Å²) in [7, 11) is 0. The molecule has 1 atom stereocenters. The Labute approximate surface area is 135 Å². The molecular formula is C18H23NO4. The van der Waals surface area contributed by atoms with Crippen molar-refractivity contribution in [2.45, 2.75) is 33.7 Å². The number of carbonyl (C=O) groups excluding carboxylic acids is 1. The Bertz CT molecular complexity index is 748. The first kappa shape index (κ1) is 17.2. The molecular weight excluding hydrogens is 294 g/mol. The van der Waals surface area contributed by atoms with Crippen LogP contribution in [-0.2, 0) is 4.74 Å². The molecule has 5 nitrogen and oxygen atoms in total. The minimum absolute atomic E-state index is 0.0550. The van der Waals surface area contributed by atoms with Gasteiger partial charge in [0.2, 0.25) is 0 Å². The Morgan fingerprint density at radius 1 is 1.22 bits per heavy atom. The Morgan fingerprint density at radius 3 is 2.61 bits per heavy atom. The van der Waals surface area contributed by atoms with E-state index in [0.29, 0.717) is 30.3 Å². The number of hydrogen-bond donors (Lipinski definition) is 1. The maximum Gasteiger partial charge on any atom is 0.349 e. The zero-order chi connectivity index (χ0) is 17.0. The van der Waals surface area contributed by atoms with Crippen molar-refractivity contribution in [3.8, 4) is 0 Å². The van der Waals surface area contributed by atoms with Gasteiger partial charge in [0, 0.05) is 18.0 Å². The van der Waals surface area contributed by atoms with E-state index in [1.165, 1.54) is 0 Å². The van der Waals surface area contributed by atoms with Crippen molar-refractivity contribution in [3.63, 3.8) is 0 Å². The van der Waals surface area contributed by atoms with E-state index in [1.807, 2.05) is 19.1 Å². The van der Waals surface area contributed by atoms with Gasteiger partial charge in [-0.1, -0.05) is 32.0 Å². The average Bonchev–Trinajstić information content (AvgIpc) is 2.46. The van der Waals surface area contributed by atoms with E-state index >= 15 is 0 Å². The molecule has 0 unspecified atom stereocenters. The van der Waals surface area contributed by atoms with Gasteiger partial charge in [0.05, 0.1) is 6.61 Å². The van der Waals surface area contributed by atoms with E-state index in [-0.39, 0.29) is 11.6 Å². The Kier molecular flexibility index (Phi) is 5.55. The first-order chi connectivity index (χ1) is 10.9. The second kappa shape index (κ2) is 7.42. The topological polar surface area (TPSA) is 68.5 Å². The van der Waals surface area contributed by atoms with Gasteiger partial charge >= 0.3 is 5.63 Å². The third kappa shape index (κ3) is 4.20. The van der Waals surface area contributed by atoms with Gasteiger partial charge in [-0.3, -0.25) is 4.79 Å². The van der Waals surface area contributed by atoms with Crippen molar-refractivity contribution in [3.05, 3.63) is 45.8 Å². The van der Waals surface area contributed by atoms with Crippen LogP contribution in [0.1, 0.15) is 36.7 Å². The SMILES string of the molecule is Cc1c(C(=O)N[C@@H](C)COCC(C)C)c(=O)oc2ccccc12. The molecule has 2 rings (SSSR count). The number of nitrogens with one attached hydrogen (secondary N) is 1. The molecule has 5 heteroatoms. The molecule has 0 saturated carbocycles. The van der Waals surface area contributed by atoms with Crippen LogP contribution in [0.3, 0.4) is 0 Å². The fourth-order valence-corrected chi connectivity index (χ4v) is 2.39. The number of para-hydroxylation sites is 1. The van der Waals surface area contributed by atoms with Crippen molar-refractivity contribution < 1.29 is 13.9 Å². The summed E-state index contributed by atoms with van der Waals surface area (Å²) in [5, 5.41) is 3.56. The number of fused-ring (bicyclic) bond motifs is 1. The normalized spacial score (nSPS) is 12.6. The lowest BCUT2D eigenvalue weighted by Crippen LogP contribution is -2.38. The fraction of sp³-hybridized carbons (Fsp3) is 0.444. The van der Waals surface area contributed by atoms with Crippen LogP contribution < -0.4 is 10.9 Å². The van der Waals surface area contributed by atoms with Crippen LogP contribution in [0, 0.1) is 12.8 Å². The van der Waals surface area contributed by atoms with Crippen LogP contribution in [0.2, 0.25) is 0 Å². The summed E-state index contributed by atoms with van der Waals surface area (Å²) < 4.78 is 10.7. The maximum absolute atomic E-state index is 12.4. The summed E-state index contributed by atoms with van der Waals surface area (Å²) >= 11 is 0. The molecule has 0 aliphatic heterocycles. The monoisotopic (exact) mass is 317 g/mol. The van der Waals surface area contributed by atoms with Crippen LogP contribution in [0.15, 0.2) is 33.5 Å². The standard InChI is InChI=1S/C18H23NO4/c1-11(2)9-22-10-12(3)19-17(20)16-13(4)14-7-5-6-8-15(14)23-18(16)21/h5-8,11-12H,9-10H2,1-4H3,(H,19,20)/t12-/m0/s1. The van der Waals surface area contributed by atoms with Gasteiger partial charge in [-0.25, -0.2) is 4.79 Å². The number of ether oxygens (including phenoxy) is 1. The predicted molar refractivity (Wildman–Crippen MR) is 89.8 cm³/mol. The van der Waals surface area contributed by atoms with Crippen molar-refractivity contribution >= 4 is 16.9 Å². The molecule has 1 aromatic heterocycles. The zero-order valence-corrected chi connectivity index (χ0v) is 14.0. The van der Waals surface area contributed by atoms with Crippen molar-refractivity contribution in [1.82, 2.24) is 5.32 Å². The number of rotatable bonds is 6. The predicted octanol–water partition coefficient (Wildman–Crippen LogP) is 2.89. The zero-order valence-electron chi connectivity index (χ0n) is 14.0. The highest BCUT2D eigenvalue weighted by atomic mass is 16.5. The molecule has 0 radical (unpaired) electrons. The lowest BCUT2D eigenvalue weighted by atomic mass is 10.1. The minimum Gasteiger partial charge on any atom is -0.422 e. The number of carbonyl (C=O) groups is 1. The number of aryl methyl sites for hydroxylation is 1. The maximum atomic E-state index is 12.4. The quantitative estimate of drug-likeness (QED) is 0.832. The second-order valence-electron chi connectivity index (χ2n) is 6.19. The van der Waals surface area contributed by atoms with Gasteiger partial charge in [0.1, 0.15) is 11.1 Å². The number of benzene rings is 1. The number of hydrogen-bond acceptors (Lipinski definition) is 4. The van der Waals surface area contributed by atoms with Crippen molar-refractivity contribution in [1.29, 1.82) is 0 Å². The van der Waals surface area contributed by atoms with Gasteiger partial charge in [-0.2, -0.15) is 0 Å². The first-order valence-corrected chi connectivity index (χ1v) is 7.81. The van der Waals surface area contributed by atoms with E-state index in [9.17, 15) is 9.59 Å². The largest absolute Gasteiger partial charge is 0.422 e. The third-order valence-corrected chi connectivity index (χ3v) is 3.50. The smallest absolute Gasteiger partial charge is 0.349 e. The molecule has 0 fully saturated rings. The summed E-state index contributed by atoms with van der Waals surface area (Å²) in [5.41, 5.74) is 0.554. The Balaban J connectivity index is 2.16. The minimum atomic E-state index is -0.617. The van der Waals surface area contributed by atoms with Crippen LogP contribution >= 0.6 is 0 Å². The highest BCUT2D eigenvalue weighted by Gasteiger charge is 2.19. The molecule has 23 heavy (non-hydrogen) atoms. The van der Waals surface area contributed by atoms with Crippen LogP contribution in [0.5, 0.6) is 0 Å². The van der Waals surface area contributed by atoms with Gasteiger partial charge in [0.15, 0.2) is 0 Å². The molecule has 0 aliphatic carbocycles. The molecule has 1 heterocycles. The van der Waals surface area contributed by atoms with Gasteiger partial charge in [-0.15, -0.1) is 0 Å². The Morgan fingerprint density at radius 2 is 1.91 bits per heavy atom. The third-order valence-electron chi connectivity index (χ3n) is 3.50. The summed E-state index contributed by atoms with van der Waals surface area (Å²) in [6.45, 7) is 8.77. The number of amides is 1. The molecule has 0 bridgehead atoms. The van der Waals surface area contributed by atoms with E-state index in [1.54, 1.807) is 19.1 Å². The molecule has 1 N–H and O–H groups in total. The summed E-state index contributed by atoms with van der Waals surface area (Å²) in [6, 6.07) is 7.00. The first-order valence-electron chi connectivity index (χ1n) is 7.81. The van der Waals surface area contributed by atoms with Gasteiger partial charge in [0.25, 0.3) is 5.91 Å². The summed E-state index contributed by atoms with van der Waals surface area (Å²) in [6.07, 6.45) is 0. The van der Waals surface area contributed by atoms with Gasteiger partial charge < -0.3 is 14.5 Å². The van der Waals surface area contributed by atoms with Crippen LogP contribution in [0.25, 0.3) is 11.0 Å². The molecule has 1 aromatic carbocycles. The molecule has 0 aliphatic rings. The molecule has 1 amide bonds. The van der Waals surface area contributed by atoms with E-state index in [0.717, 1.165) is 5.39 Å². The second-order valence-corrected chi connectivity index (χ2v) is 6.19. The summed E-state index contributed by atoms with van der Waals surface area (Å²) in [5.74, 6) is 0.00956. The summed E-state index contributed by atoms with van der Waals surface area (Å²) in [4.78, 5) is 24.5. The fourth-order valence-electron chi connectivity index (χ4n) is 2.39. The van der Waals surface area contributed by atoms with Crippen LogP contribution in [-0.4, -0.2) is 25.2 Å². The van der Waals surface area contributed by atoms with Crippen molar-refractivity contribution in [2.24, 2.45) is 5.92 Å². The van der Waals surface area contributed by atoms with Crippen molar-refractivity contribution in [2.75, 3.05) is 13.2 Å².